The maximum atomic E-state index is 10.9. The first-order valence-corrected chi connectivity index (χ1v) is 7.39. The van der Waals surface area contributed by atoms with Crippen molar-refractivity contribution in [1.29, 1.82) is 0 Å². The Morgan fingerprint density at radius 2 is 2.19 bits per heavy atom. The van der Waals surface area contributed by atoms with E-state index < -0.39 is 5.97 Å². The van der Waals surface area contributed by atoms with Crippen LogP contribution in [0.1, 0.15) is 32.9 Å². The van der Waals surface area contributed by atoms with Crippen LogP contribution in [0, 0.1) is 6.92 Å². The zero-order chi connectivity index (χ0) is 15.4. The monoisotopic (exact) mass is 303 g/mol. The molecule has 0 bridgehead atoms. The largest absolute Gasteiger partial charge is 0.476 e. The van der Waals surface area contributed by atoms with E-state index in [0.29, 0.717) is 9.88 Å². The predicted octanol–water partition coefficient (Wildman–Crippen LogP) is 3.17. The lowest BCUT2D eigenvalue weighted by atomic mass is 10.2. The summed E-state index contributed by atoms with van der Waals surface area (Å²) in [6, 6.07) is 3.93. The van der Waals surface area contributed by atoms with Crippen LogP contribution in [0.25, 0.3) is 12.2 Å². The van der Waals surface area contributed by atoms with Gasteiger partial charge in [-0.1, -0.05) is 6.08 Å². The van der Waals surface area contributed by atoms with E-state index in [4.69, 9.17) is 5.11 Å². The van der Waals surface area contributed by atoms with E-state index in [9.17, 15) is 4.79 Å². The highest BCUT2D eigenvalue weighted by molar-refractivity contribution is 7.12. The molecule has 0 aromatic carbocycles. The van der Waals surface area contributed by atoms with Crippen LogP contribution in [0.3, 0.4) is 0 Å². The van der Waals surface area contributed by atoms with Gasteiger partial charge >= 0.3 is 5.97 Å². The first kappa shape index (κ1) is 15.2. The number of aromatic carboxylic acids is 1. The number of pyridine rings is 1. The van der Waals surface area contributed by atoms with Crippen molar-refractivity contribution in [2.45, 2.75) is 13.8 Å². The lowest BCUT2D eigenvalue weighted by Crippen LogP contribution is -2.16. The molecule has 2 aromatic rings. The molecule has 0 saturated heterocycles. The number of nitrogens with zero attached hydrogens (tertiary/aromatic N) is 3. The Labute approximate surface area is 127 Å². The molecule has 0 spiro atoms. The van der Waals surface area contributed by atoms with Gasteiger partial charge in [-0.05, 0) is 37.6 Å². The van der Waals surface area contributed by atoms with Crippen LogP contribution in [0.15, 0.2) is 18.3 Å². The van der Waals surface area contributed by atoms with Crippen LogP contribution in [-0.2, 0) is 0 Å². The maximum absolute atomic E-state index is 10.9. The Morgan fingerprint density at radius 3 is 2.71 bits per heavy atom. The summed E-state index contributed by atoms with van der Waals surface area (Å²) in [5, 5.41) is 9.66. The van der Waals surface area contributed by atoms with E-state index in [1.165, 1.54) is 11.3 Å². The minimum atomic E-state index is -0.989. The summed E-state index contributed by atoms with van der Waals surface area (Å²) < 4.78 is 0. The first-order valence-electron chi connectivity index (χ1n) is 6.57. The fraction of sp³-hybridized carbons (Fsp3) is 0.267. The second-order valence-corrected chi connectivity index (χ2v) is 5.79. The Kier molecular flexibility index (Phi) is 4.70. The van der Waals surface area contributed by atoms with Gasteiger partial charge in [-0.3, -0.25) is 0 Å². The van der Waals surface area contributed by atoms with E-state index in [1.54, 1.807) is 13.1 Å². The third-order valence-electron chi connectivity index (χ3n) is 3.07. The number of aryl methyl sites for hydroxylation is 1. The average Bonchev–Trinajstić information content (AvgIpc) is 2.86. The van der Waals surface area contributed by atoms with Gasteiger partial charge in [0.05, 0.1) is 0 Å². The number of thiazole rings is 1. The number of carbonyl (C=O) groups is 1. The summed E-state index contributed by atoms with van der Waals surface area (Å²) in [6.07, 6.45) is 5.48. The van der Waals surface area contributed by atoms with Crippen LogP contribution in [0.2, 0.25) is 0 Å². The molecule has 1 N–H and O–H groups in total. The molecule has 0 unspecified atom stereocenters. The van der Waals surface area contributed by atoms with Crippen molar-refractivity contribution >= 4 is 35.3 Å². The van der Waals surface area contributed by atoms with Gasteiger partial charge in [-0.25, -0.2) is 14.8 Å². The quantitative estimate of drug-likeness (QED) is 0.919. The normalized spacial score (nSPS) is 11.0. The van der Waals surface area contributed by atoms with Crippen LogP contribution in [-0.4, -0.2) is 34.6 Å². The predicted molar refractivity (Wildman–Crippen MR) is 85.9 cm³/mol. The van der Waals surface area contributed by atoms with Crippen molar-refractivity contribution in [2.75, 3.05) is 18.5 Å². The molecule has 21 heavy (non-hydrogen) atoms. The molecule has 0 saturated carbocycles. The molecule has 0 amide bonds. The van der Waals surface area contributed by atoms with E-state index in [-0.39, 0.29) is 5.69 Å². The summed E-state index contributed by atoms with van der Waals surface area (Å²) >= 11 is 1.37. The smallest absolute Gasteiger partial charge is 0.355 e. The second kappa shape index (κ2) is 6.49. The summed E-state index contributed by atoms with van der Waals surface area (Å²) in [5.74, 6) is -0.0649. The van der Waals surface area contributed by atoms with Gasteiger partial charge < -0.3 is 10.0 Å². The van der Waals surface area contributed by atoms with Crippen molar-refractivity contribution < 1.29 is 9.90 Å². The van der Waals surface area contributed by atoms with Gasteiger partial charge in [-0.15, -0.1) is 11.3 Å². The van der Waals surface area contributed by atoms with E-state index >= 15 is 0 Å². The van der Waals surface area contributed by atoms with Crippen LogP contribution < -0.4 is 4.90 Å². The number of carboxylic acids is 1. The summed E-state index contributed by atoms with van der Waals surface area (Å²) in [5.41, 5.74) is 1.07. The average molecular weight is 303 g/mol. The number of hydrogen-bond acceptors (Lipinski definition) is 5. The lowest BCUT2D eigenvalue weighted by Gasteiger charge is -2.14. The Balaban J connectivity index is 2.14. The molecule has 0 atom stereocenters. The topological polar surface area (TPSA) is 66.3 Å². The van der Waals surface area contributed by atoms with Crippen molar-refractivity contribution in [1.82, 2.24) is 9.97 Å². The molecule has 0 fully saturated rings. The molecular weight excluding hydrogens is 286 g/mol. The molecule has 0 radical (unpaired) electrons. The number of carboxylic acid groups (broad SMARTS) is 1. The van der Waals surface area contributed by atoms with Gasteiger partial charge in [0.15, 0.2) is 5.69 Å². The van der Waals surface area contributed by atoms with Gasteiger partial charge in [-0.2, -0.15) is 0 Å². The Bertz CT molecular complexity index is 662. The Hall–Kier alpha value is -2.21. The van der Waals surface area contributed by atoms with Gasteiger partial charge in [0.25, 0.3) is 0 Å². The summed E-state index contributed by atoms with van der Waals surface area (Å²) in [7, 11) is 1.99. The molecule has 0 aliphatic heterocycles. The zero-order valence-electron chi connectivity index (χ0n) is 12.2. The van der Waals surface area contributed by atoms with E-state index in [1.807, 2.05) is 31.3 Å². The van der Waals surface area contributed by atoms with Gasteiger partial charge in [0.2, 0.25) is 0 Å². The zero-order valence-corrected chi connectivity index (χ0v) is 13.0. The highest BCUT2D eigenvalue weighted by Gasteiger charge is 2.12. The second-order valence-electron chi connectivity index (χ2n) is 4.56. The summed E-state index contributed by atoms with van der Waals surface area (Å²) in [6.45, 7) is 4.73. The summed E-state index contributed by atoms with van der Waals surface area (Å²) in [4.78, 5) is 22.2. The van der Waals surface area contributed by atoms with Gasteiger partial charge in [0.1, 0.15) is 10.8 Å². The third kappa shape index (κ3) is 3.66. The first-order chi connectivity index (χ1) is 10.0. The molecular formula is C15H17N3O2S. The standard InChI is InChI=1S/C15H17N3O2S/c1-4-18(3)12-7-5-11(9-16-12)6-8-13-17-14(15(19)20)10(2)21-13/h5-9H,4H2,1-3H3,(H,19,20). The molecule has 2 heterocycles. The van der Waals surface area contributed by atoms with E-state index in [0.717, 1.165) is 17.9 Å². The van der Waals surface area contributed by atoms with Crippen molar-refractivity contribution in [3.8, 4) is 0 Å². The molecule has 2 rings (SSSR count). The molecule has 0 aliphatic rings. The molecule has 0 aliphatic carbocycles. The van der Waals surface area contributed by atoms with Crippen LogP contribution >= 0.6 is 11.3 Å². The maximum Gasteiger partial charge on any atom is 0.355 e. The highest BCUT2D eigenvalue weighted by Crippen LogP contribution is 2.20. The third-order valence-corrected chi connectivity index (χ3v) is 4.01. The molecule has 5 nitrogen and oxygen atoms in total. The van der Waals surface area contributed by atoms with Gasteiger partial charge in [0, 0.05) is 24.7 Å². The van der Waals surface area contributed by atoms with E-state index in [2.05, 4.69) is 21.8 Å². The lowest BCUT2D eigenvalue weighted by molar-refractivity contribution is 0.0690. The minimum absolute atomic E-state index is 0.123. The minimum Gasteiger partial charge on any atom is -0.476 e. The Morgan fingerprint density at radius 1 is 1.43 bits per heavy atom. The number of aromatic nitrogens is 2. The van der Waals surface area contributed by atoms with Crippen molar-refractivity contribution in [3.05, 3.63) is 39.5 Å². The van der Waals surface area contributed by atoms with Crippen molar-refractivity contribution in [3.63, 3.8) is 0 Å². The highest BCUT2D eigenvalue weighted by atomic mass is 32.1. The molecule has 2 aromatic heterocycles. The number of anilines is 1. The molecule has 110 valence electrons. The fourth-order valence-corrected chi connectivity index (χ4v) is 2.55. The van der Waals surface area contributed by atoms with Crippen LogP contribution in [0.4, 0.5) is 5.82 Å². The van der Waals surface area contributed by atoms with Crippen LogP contribution in [0.5, 0.6) is 0 Å². The number of rotatable bonds is 5. The fourth-order valence-electron chi connectivity index (χ4n) is 1.74. The molecule has 6 heteroatoms. The van der Waals surface area contributed by atoms with Crippen molar-refractivity contribution in [2.24, 2.45) is 0 Å². The SMILES string of the molecule is CCN(C)c1ccc(C=Cc2nc(C(=O)O)c(C)s2)cn1. The number of hydrogen-bond donors (Lipinski definition) is 1.